The van der Waals surface area contributed by atoms with E-state index in [9.17, 15) is 50.6 Å². The number of nitrogens with zero attached hydrogens (tertiary/aromatic N) is 5. The minimum Gasteiger partial charge on any atom is -0.478 e. The zero-order valence-corrected chi connectivity index (χ0v) is 45.9. The SMILES string of the molecule is CC1CCC(C(=O)N(c2cc(F)c(Oc3ncc(CN4CCSCC4)cc3C(F)(F)F)cc2C(=O)O)C(C)C)CC1.COC(=O)c1cc(Oc2ncc(CCl)cc2C(F)(F)F)c(F)cc1N(C(=O)C1CCC(C)CC1)C(C)C. The molecule has 0 radical (unpaired) electrons. The van der Waals surface area contributed by atoms with E-state index in [1.54, 1.807) is 39.5 Å². The first kappa shape index (κ1) is 61.5. The number of thioether (sulfide) groups is 1. The fraction of sp³-hybridized carbons (Fsp3) is 0.527. The summed E-state index contributed by atoms with van der Waals surface area (Å²) >= 11 is 7.41. The van der Waals surface area contributed by atoms with Crippen molar-refractivity contribution in [2.24, 2.45) is 23.7 Å². The van der Waals surface area contributed by atoms with Gasteiger partial charge in [0.15, 0.2) is 23.1 Å². The summed E-state index contributed by atoms with van der Waals surface area (Å²) in [6.07, 6.45) is -1.26. The number of hydrogen-bond acceptors (Lipinski definition) is 11. The Morgan fingerprint density at radius 3 is 1.49 bits per heavy atom. The van der Waals surface area contributed by atoms with Crippen LogP contribution in [0.4, 0.5) is 46.5 Å². The number of carboxylic acids is 1. The van der Waals surface area contributed by atoms with Gasteiger partial charge in [0.2, 0.25) is 23.6 Å². The molecule has 3 fully saturated rings. The van der Waals surface area contributed by atoms with Gasteiger partial charge in [0.1, 0.15) is 11.1 Å². The number of rotatable bonds is 15. The van der Waals surface area contributed by atoms with E-state index in [4.69, 9.17) is 25.8 Å². The van der Waals surface area contributed by atoms with E-state index in [2.05, 4.69) is 23.8 Å². The van der Waals surface area contributed by atoms with Gasteiger partial charge in [-0.25, -0.2) is 28.3 Å². The lowest BCUT2D eigenvalue weighted by atomic mass is 9.82. The molecule has 426 valence electrons. The molecule has 0 unspecified atom stereocenters. The fourth-order valence-electron chi connectivity index (χ4n) is 9.74. The van der Waals surface area contributed by atoms with E-state index in [1.807, 2.05) is 4.90 Å². The van der Waals surface area contributed by atoms with Gasteiger partial charge < -0.3 is 29.1 Å². The van der Waals surface area contributed by atoms with Gasteiger partial charge >= 0.3 is 24.3 Å². The van der Waals surface area contributed by atoms with Crippen molar-refractivity contribution in [3.63, 3.8) is 0 Å². The molecular formula is C55H64ClF8N5O8S. The van der Waals surface area contributed by atoms with Crippen LogP contribution in [0.25, 0.3) is 0 Å². The number of carboxylic acid groups (broad SMARTS) is 1. The molecule has 7 rings (SSSR count). The summed E-state index contributed by atoms with van der Waals surface area (Å²) in [4.78, 5) is 64.0. The average molecular weight is 1140 g/mol. The molecule has 1 aliphatic heterocycles. The second-order valence-electron chi connectivity index (χ2n) is 20.5. The van der Waals surface area contributed by atoms with Crippen molar-refractivity contribution >= 4 is 58.5 Å². The number of methoxy groups -OCH3 is 1. The van der Waals surface area contributed by atoms with E-state index >= 15 is 8.78 Å². The van der Waals surface area contributed by atoms with Crippen LogP contribution in [0.2, 0.25) is 0 Å². The molecule has 2 amide bonds. The van der Waals surface area contributed by atoms with Crippen LogP contribution in [0, 0.1) is 35.3 Å². The van der Waals surface area contributed by atoms with E-state index in [0.717, 1.165) is 100.0 Å². The molecule has 1 N–H and O–H groups in total. The first-order chi connectivity index (χ1) is 36.7. The van der Waals surface area contributed by atoms with Crippen molar-refractivity contribution in [2.75, 3.05) is 41.5 Å². The molecule has 3 aliphatic rings. The highest BCUT2D eigenvalue weighted by Gasteiger charge is 2.40. The number of ether oxygens (including phenoxy) is 3. The van der Waals surface area contributed by atoms with Gasteiger partial charge in [0.05, 0.1) is 29.6 Å². The number of aromatic carboxylic acids is 1. The van der Waals surface area contributed by atoms with Gasteiger partial charge in [0.25, 0.3) is 0 Å². The standard InChI is InChI=1S/C29H35F4N3O4S.C26H29ClF4N2O4/c1-17(2)36(27(37)20-6-4-18(3)5-7-20)24-14-23(30)25(13-21(24)28(38)39)40-26-22(29(31,32)33)12-19(15-34-26)16-35-8-10-41-11-9-35;1-14(2)33(24(34)17-7-5-15(3)6-8-17)21-11-20(28)22(10-18(21)25(35)36-4)37-23-19(26(29,30)31)9-16(12-27)13-32-23/h12-15,17-18,20H,4-11,16H2,1-3H3,(H,38,39);9-11,13-15,17H,5-8,12H2,1-4H3. The number of amides is 2. The van der Waals surface area contributed by atoms with Crippen molar-refractivity contribution in [3.8, 4) is 23.3 Å². The first-order valence-corrected chi connectivity index (χ1v) is 27.4. The maximum Gasteiger partial charge on any atom is 0.421 e. The Bertz CT molecular complexity index is 2780. The Morgan fingerprint density at radius 2 is 1.09 bits per heavy atom. The first-order valence-electron chi connectivity index (χ1n) is 25.7. The van der Waals surface area contributed by atoms with Crippen LogP contribution < -0.4 is 19.3 Å². The van der Waals surface area contributed by atoms with E-state index in [1.165, 1.54) is 16.0 Å². The summed E-state index contributed by atoms with van der Waals surface area (Å²) < 4.78 is 129. The highest BCUT2D eigenvalue weighted by atomic mass is 35.5. The monoisotopic (exact) mass is 1140 g/mol. The summed E-state index contributed by atoms with van der Waals surface area (Å²) in [7, 11) is 1.11. The van der Waals surface area contributed by atoms with Crippen LogP contribution in [0.15, 0.2) is 48.8 Å². The molecule has 2 aromatic heterocycles. The lowest BCUT2D eigenvalue weighted by molar-refractivity contribution is -0.139. The number of carbonyl (C=O) groups excluding carboxylic acids is 3. The van der Waals surface area contributed by atoms with Crippen LogP contribution >= 0.6 is 23.4 Å². The number of carbonyl (C=O) groups is 4. The van der Waals surface area contributed by atoms with Gasteiger partial charge in [-0.05, 0) is 114 Å². The van der Waals surface area contributed by atoms with Crippen molar-refractivity contribution < 1.29 is 73.6 Å². The summed E-state index contributed by atoms with van der Waals surface area (Å²) in [6.45, 7) is 12.8. The second kappa shape index (κ2) is 26.5. The summed E-state index contributed by atoms with van der Waals surface area (Å²) in [5.74, 6) is -6.36. The molecule has 2 aromatic carbocycles. The molecule has 13 nitrogen and oxygen atoms in total. The minimum atomic E-state index is -4.86. The maximum atomic E-state index is 15.4. The maximum absolute atomic E-state index is 15.4. The van der Waals surface area contributed by atoms with Gasteiger partial charge in [-0.1, -0.05) is 13.8 Å². The van der Waals surface area contributed by atoms with Crippen LogP contribution in [-0.4, -0.2) is 87.5 Å². The summed E-state index contributed by atoms with van der Waals surface area (Å²) in [5.41, 5.74) is -2.91. The molecule has 0 atom stereocenters. The van der Waals surface area contributed by atoms with Gasteiger partial charge in [-0.15, -0.1) is 11.6 Å². The molecule has 0 spiro atoms. The third-order valence-electron chi connectivity index (χ3n) is 14.0. The number of pyridine rings is 2. The third kappa shape index (κ3) is 15.3. The highest BCUT2D eigenvalue weighted by molar-refractivity contribution is 7.99. The topological polar surface area (TPSA) is 152 Å². The number of alkyl halides is 7. The van der Waals surface area contributed by atoms with Crippen LogP contribution in [0.1, 0.15) is 136 Å². The summed E-state index contributed by atoms with van der Waals surface area (Å²) in [5, 5.41) is 9.96. The average Bonchev–Trinajstić information content (AvgIpc) is 3.38. The normalized spacial score (nSPS) is 19.2. The predicted molar refractivity (Wildman–Crippen MR) is 279 cm³/mol. The Kier molecular flexibility index (Phi) is 20.9. The van der Waals surface area contributed by atoms with Crippen LogP contribution in [-0.2, 0) is 39.1 Å². The molecular weight excluding hydrogens is 1080 g/mol. The molecule has 2 saturated carbocycles. The van der Waals surface area contributed by atoms with Gasteiger partial charge in [-0.3, -0.25) is 14.5 Å². The molecule has 4 aromatic rings. The molecule has 78 heavy (non-hydrogen) atoms. The number of aromatic nitrogens is 2. The van der Waals surface area contributed by atoms with Crippen molar-refractivity contribution in [3.05, 3.63) is 93.8 Å². The highest BCUT2D eigenvalue weighted by Crippen LogP contribution is 2.43. The second-order valence-corrected chi connectivity index (χ2v) is 22.0. The Balaban J connectivity index is 0.000000254. The van der Waals surface area contributed by atoms with Crippen molar-refractivity contribution in [2.45, 2.75) is 130 Å². The third-order valence-corrected chi connectivity index (χ3v) is 15.2. The molecule has 0 bridgehead atoms. The number of hydrogen-bond donors (Lipinski definition) is 1. The number of esters is 1. The van der Waals surface area contributed by atoms with Crippen LogP contribution in [0.3, 0.4) is 0 Å². The number of anilines is 2. The van der Waals surface area contributed by atoms with Gasteiger partial charge in [-0.2, -0.15) is 38.1 Å². The number of benzene rings is 2. The van der Waals surface area contributed by atoms with Crippen LogP contribution in [0.5, 0.6) is 23.3 Å². The molecule has 2 aliphatic carbocycles. The lowest BCUT2D eigenvalue weighted by Gasteiger charge is -2.34. The van der Waals surface area contributed by atoms with Gasteiger partial charge in [0, 0.05) is 97.6 Å². The summed E-state index contributed by atoms with van der Waals surface area (Å²) in [6, 6.07) is 4.26. The molecule has 23 heteroatoms. The van der Waals surface area contributed by atoms with E-state index < -0.39 is 88.0 Å². The quantitative estimate of drug-likeness (QED) is 0.0685. The Morgan fingerprint density at radius 1 is 0.679 bits per heavy atom. The number of halogens is 9. The zero-order chi connectivity index (χ0) is 57.4. The smallest absolute Gasteiger partial charge is 0.421 e. The lowest BCUT2D eigenvalue weighted by Crippen LogP contribution is -2.43. The van der Waals surface area contributed by atoms with Crippen molar-refractivity contribution in [1.29, 1.82) is 0 Å². The minimum absolute atomic E-state index is 0.0446. The fourth-order valence-corrected chi connectivity index (χ4v) is 10.9. The Hall–Kier alpha value is -5.74. The van der Waals surface area contributed by atoms with E-state index in [-0.39, 0.29) is 58.6 Å². The van der Waals surface area contributed by atoms with Crippen molar-refractivity contribution in [1.82, 2.24) is 14.9 Å². The molecule has 3 heterocycles. The molecule has 1 saturated heterocycles. The Labute approximate surface area is 457 Å². The zero-order valence-electron chi connectivity index (χ0n) is 44.3. The largest absolute Gasteiger partial charge is 0.478 e. The predicted octanol–water partition coefficient (Wildman–Crippen LogP) is 14.0. The van der Waals surface area contributed by atoms with E-state index in [0.29, 0.717) is 43.1 Å².